The third-order valence-electron chi connectivity index (χ3n) is 7.37. The Morgan fingerprint density at radius 3 is 2.14 bits per heavy atom. The van der Waals surface area contributed by atoms with Gasteiger partial charge >= 0.3 is 0 Å². The highest BCUT2D eigenvalue weighted by molar-refractivity contribution is 5.86. The Morgan fingerprint density at radius 1 is 1.00 bits per heavy atom. The van der Waals surface area contributed by atoms with E-state index in [9.17, 15) is 4.79 Å². The maximum Gasteiger partial charge on any atom is 0.151 e. The molecule has 1 heterocycles. The van der Waals surface area contributed by atoms with Crippen LogP contribution in [-0.4, -0.2) is 48.3 Å². The second kappa shape index (κ2) is 13.4. The molecule has 3 rings (SSSR count). The number of carbonyl (C=O) groups excluding carboxylic acids is 1. The summed E-state index contributed by atoms with van der Waals surface area (Å²) in [5.74, 6) is 0.471. The number of benzene rings is 2. The molecule has 0 amide bonds. The quantitative estimate of drug-likeness (QED) is 0.380. The Balaban J connectivity index is 0.00000210. The van der Waals surface area contributed by atoms with Crippen molar-refractivity contribution in [1.82, 2.24) is 9.80 Å². The molecule has 1 saturated heterocycles. The number of ketones is 1. The highest BCUT2D eigenvalue weighted by atomic mass is 16.1. The minimum absolute atomic E-state index is 0.0645. The van der Waals surface area contributed by atoms with Crippen LogP contribution >= 0.6 is 0 Å². The van der Waals surface area contributed by atoms with Crippen LogP contribution in [0.15, 0.2) is 48.5 Å². The van der Waals surface area contributed by atoms with Gasteiger partial charge in [0.15, 0.2) is 5.78 Å². The number of hydrogen-bond acceptors (Lipinski definition) is 3. The van der Waals surface area contributed by atoms with E-state index in [0.29, 0.717) is 18.4 Å². The Hall–Kier alpha value is -1.97. The molecule has 2 unspecified atom stereocenters. The number of likely N-dealkylation sites (tertiary alicyclic amines) is 1. The largest absolute Gasteiger partial charge is 0.304 e. The molecule has 2 aromatic rings. The fourth-order valence-corrected chi connectivity index (χ4v) is 4.87. The summed E-state index contributed by atoms with van der Waals surface area (Å²) < 4.78 is 0. The molecule has 0 bridgehead atoms. The molecule has 0 N–H and O–H groups in total. The van der Waals surface area contributed by atoms with Gasteiger partial charge in [-0.3, -0.25) is 9.69 Å². The maximum absolute atomic E-state index is 13.2. The Bertz CT molecular complexity index is 893. The van der Waals surface area contributed by atoms with Crippen molar-refractivity contribution in [2.24, 2.45) is 5.92 Å². The molecule has 0 aliphatic carbocycles. The zero-order valence-corrected chi connectivity index (χ0v) is 23.9. The fraction of sp³-hybridized carbons (Fsp3) is 0.594. The van der Waals surface area contributed by atoms with Crippen LogP contribution in [0, 0.1) is 12.8 Å². The lowest BCUT2D eigenvalue weighted by atomic mass is 9.84. The molecule has 0 aromatic heterocycles. The summed E-state index contributed by atoms with van der Waals surface area (Å²) in [6.45, 7) is 20.0. The van der Waals surface area contributed by atoms with Gasteiger partial charge in [-0.2, -0.15) is 0 Å². The molecule has 2 atom stereocenters. The van der Waals surface area contributed by atoms with Crippen LogP contribution in [0.3, 0.4) is 0 Å². The molecular weight excluding hydrogens is 428 g/mol. The molecule has 1 fully saturated rings. The van der Waals surface area contributed by atoms with E-state index in [-0.39, 0.29) is 17.4 Å². The molecule has 194 valence electrons. The third kappa shape index (κ3) is 8.29. The van der Waals surface area contributed by atoms with E-state index in [1.807, 2.05) is 13.8 Å². The van der Waals surface area contributed by atoms with E-state index in [1.165, 1.54) is 22.3 Å². The van der Waals surface area contributed by atoms with Crippen molar-refractivity contribution in [3.63, 3.8) is 0 Å². The van der Waals surface area contributed by atoms with E-state index in [2.05, 4.69) is 107 Å². The minimum Gasteiger partial charge on any atom is -0.304 e. The first-order valence-corrected chi connectivity index (χ1v) is 13.7. The van der Waals surface area contributed by atoms with Gasteiger partial charge in [-0.1, -0.05) is 88.7 Å². The molecule has 0 saturated carbocycles. The van der Waals surface area contributed by atoms with E-state index in [4.69, 9.17) is 0 Å². The van der Waals surface area contributed by atoms with Crippen molar-refractivity contribution in [3.8, 4) is 0 Å². The van der Waals surface area contributed by atoms with E-state index in [1.54, 1.807) is 0 Å². The molecule has 3 nitrogen and oxygen atoms in total. The van der Waals surface area contributed by atoms with Crippen LogP contribution < -0.4 is 0 Å². The summed E-state index contributed by atoms with van der Waals surface area (Å²) in [4.78, 5) is 18.1. The van der Waals surface area contributed by atoms with Crippen molar-refractivity contribution in [3.05, 3.63) is 70.8 Å². The zero-order chi connectivity index (χ0) is 26.2. The number of aryl methyl sites for hydroxylation is 2. The smallest absolute Gasteiger partial charge is 0.151 e. The standard InChI is InChI=1S/C30H44N2O.C2H6/c1-22(2)31(7)19-8-20-32-21-28(33)27(18-13-24-11-9-23(3)10-12-24)29(32)25-14-16-26(17-15-25)30(4,5)6;1-2/h9-12,14-17,22,27,29H,8,13,18-21H2,1-7H3;1-2H3. The molecule has 1 aliphatic heterocycles. The normalized spacial score (nSPS) is 18.8. The van der Waals surface area contributed by atoms with Crippen LogP contribution in [0.25, 0.3) is 0 Å². The maximum atomic E-state index is 13.2. The Morgan fingerprint density at radius 2 is 1.60 bits per heavy atom. The molecule has 3 heteroatoms. The summed E-state index contributed by atoms with van der Waals surface area (Å²) in [6.07, 6.45) is 2.95. The van der Waals surface area contributed by atoms with E-state index in [0.717, 1.165) is 32.4 Å². The molecule has 2 aromatic carbocycles. The van der Waals surface area contributed by atoms with Crippen LogP contribution in [0.2, 0.25) is 0 Å². The highest BCUT2D eigenvalue weighted by Gasteiger charge is 2.40. The predicted octanol–water partition coefficient (Wildman–Crippen LogP) is 7.22. The van der Waals surface area contributed by atoms with Gasteiger partial charge < -0.3 is 4.90 Å². The Labute approximate surface area is 215 Å². The van der Waals surface area contributed by atoms with Gasteiger partial charge in [0.05, 0.1) is 6.54 Å². The van der Waals surface area contributed by atoms with Crippen LogP contribution in [0.4, 0.5) is 0 Å². The number of rotatable bonds is 9. The third-order valence-corrected chi connectivity index (χ3v) is 7.37. The summed E-state index contributed by atoms with van der Waals surface area (Å²) in [7, 11) is 2.19. The summed E-state index contributed by atoms with van der Waals surface area (Å²) >= 11 is 0. The van der Waals surface area contributed by atoms with Gasteiger partial charge in [-0.25, -0.2) is 0 Å². The predicted molar refractivity (Wildman–Crippen MR) is 151 cm³/mol. The monoisotopic (exact) mass is 478 g/mol. The second-order valence-electron chi connectivity index (χ2n) is 11.3. The van der Waals surface area contributed by atoms with Crippen molar-refractivity contribution < 1.29 is 4.79 Å². The SMILES string of the molecule is CC.Cc1ccc(CCC2C(=O)CN(CCCN(C)C(C)C)C2c2ccc(C(C)(C)C)cc2)cc1. The lowest BCUT2D eigenvalue weighted by Crippen LogP contribution is -2.32. The zero-order valence-electron chi connectivity index (χ0n) is 23.9. The number of nitrogens with zero attached hydrogens (tertiary/aromatic N) is 2. The summed E-state index contributed by atoms with van der Waals surface area (Å²) in [5, 5.41) is 0. The lowest BCUT2D eigenvalue weighted by molar-refractivity contribution is -0.120. The second-order valence-corrected chi connectivity index (χ2v) is 11.3. The summed E-state index contributed by atoms with van der Waals surface area (Å²) in [6, 6.07) is 18.6. The van der Waals surface area contributed by atoms with Crippen molar-refractivity contribution in [2.75, 3.05) is 26.7 Å². The van der Waals surface area contributed by atoms with Crippen LogP contribution in [-0.2, 0) is 16.6 Å². The Kier molecular flexibility index (Phi) is 11.2. The van der Waals surface area contributed by atoms with Crippen molar-refractivity contribution in [1.29, 1.82) is 0 Å². The molecule has 35 heavy (non-hydrogen) atoms. The first kappa shape index (κ1) is 29.3. The first-order valence-electron chi connectivity index (χ1n) is 13.7. The number of Topliss-reactive ketones (excluding diaryl/α,β-unsaturated/α-hetero) is 1. The fourth-order valence-electron chi connectivity index (χ4n) is 4.87. The highest BCUT2D eigenvalue weighted by Crippen LogP contribution is 2.39. The average molecular weight is 479 g/mol. The molecular formula is C32H50N2O. The molecule has 0 radical (unpaired) electrons. The van der Waals surface area contributed by atoms with E-state index >= 15 is 0 Å². The van der Waals surface area contributed by atoms with Gasteiger partial charge in [0.1, 0.15) is 0 Å². The van der Waals surface area contributed by atoms with Crippen LogP contribution in [0.1, 0.15) is 89.6 Å². The van der Waals surface area contributed by atoms with Crippen molar-refractivity contribution in [2.45, 2.75) is 92.2 Å². The van der Waals surface area contributed by atoms with Gasteiger partial charge in [-0.05, 0) is 75.7 Å². The number of carbonyl (C=O) groups is 1. The van der Waals surface area contributed by atoms with Gasteiger partial charge in [0, 0.05) is 24.5 Å². The number of hydrogen-bond donors (Lipinski definition) is 0. The van der Waals surface area contributed by atoms with Gasteiger partial charge in [-0.15, -0.1) is 0 Å². The molecule has 1 aliphatic rings. The molecule has 0 spiro atoms. The topological polar surface area (TPSA) is 23.6 Å². The van der Waals surface area contributed by atoms with Crippen LogP contribution in [0.5, 0.6) is 0 Å². The average Bonchev–Trinajstić information content (AvgIpc) is 3.14. The lowest BCUT2D eigenvalue weighted by Gasteiger charge is -2.30. The van der Waals surface area contributed by atoms with Crippen molar-refractivity contribution >= 4 is 5.78 Å². The first-order chi connectivity index (χ1) is 16.6. The van der Waals surface area contributed by atoms with Gasteiger partial charge in [0.2, 0.25) is 0 Å². The summed E-state index contributed by atoms with van der Waals surface area (Å²) in [5.41, 5.74) is 5.38. The van der Waals surface area contributed by atoms with Gasteiger partial charge in [0.25, 0.3) is 0 Å². The minimum atomic E-state index is 0.0645. The van der Waals surface area contributed by atoms with E-state index < -0.39 is 0 Å².